The zero-order chi connectivity index (χ0) is 21.5. The normalized spacial score (nSPS) is 14.2. The molecule has 30 heavy (non-hydrogen) atoms. The second kappa shape index (κ2) is 10.1. The molecular weight excluding hydrogens is 386 g/mol. The predicted octanol–water partition coefficient (Wildman–Crippen LogP) is 3.07. The van der Waals surface area contributed by atoms with Gasteiger partial charge in [0.1, 0.15) is 5.75 Å². The van der Waals surface area contributed by atoms with Gasteiger partial charge in [0, 0.05) is 44.0 Å². The van der Waals surface area contributed by atoms with Crippen LogP contribution in [0, 0.1) is 0 Å². The fraction of sp³-hybridized carbons (Fsp3) is 0.409. The Morgan fingerprint density at radius 3 is 2.07 bits per heavy atom. The zero-order valence-electron chi connectivity index (χ0n) is 17.9. The van der Waals surface area contributed by atoms with Gasteiger partial charge in [-0.1, -0.05) is 6.07 Å². The molecule has 0 aromatic heterocycles. The molecule has 0 atom stereocenters. The highest BCUT2D eigenvalue weighted by atomic mass is 16.5. The third-order valence-corrected chi connectivity index (χ3v) is 5.18. The number of amides is 2. The third kappa shape index (κ3) is 4.88. The molecule has 162 valence electrons. The van der Waals surface area contributed by atoms with E-state index in [1.165, 1.54) is 0 Å². The summed E-state index contributed by atoms with van der Waals surface area (Å²) in [5, 5.41) is 2.94. The van der Waals surface area contributed by atoms with Gasteiger partial charge in [-0.05, 0) is 30.3 Å². The van der Waals surface area contributed by atoms with E-state index in [4.69, 9.17) is 18.9 Å². The van der Waals surface area contributed by atoms with Gasteiger partial charge in [-0.25, -0.2) is 4.79 Å². The van der Waals surface area contributed by atoms with E-state index in [-0.39, 0.29) is 6.03 Å². The minimum absolute atomic E-state index is 0.0940. The molecular formula is C22H29N3O5. The van der Waals surface area contributed by atoms with Gasteiger partial charge in [0.15, 0.2) is 11.5 Å². The van der Waals surface area contributed by atoms with E-state index in [2.05, 4.69) is 10.2 Å². The highest BCUT2D eigenvalue weighted by Crippen LogP contribution is 2.40. The van der Waals surface area contributed by atoms with Crippen molar-refractivity contribution >= 4 is 11.7 Å². The van der Waals surface area contributed by atoms with Gasteiger partial charge in [0.05, 0.1) is 28.4 Å². The summed E-state index contributed by atoms with van der Waals surface area (Å²) >= 11 is 0. The summed E-state index contributed by atoms with van der Waals surface area (Å²) in [7, 11) is 6.45. The first kappa shape index (κ1) is 21.6. The Hall–Kier alpha value is -3.13. The van der Waals surface area contributed by atoms with Crippen molar-refractivity contribution in [2.24, 2.45) is 0 Å². The van der Waals surface area contributed by atoms with Gasteiger partial charge >= 0.3 is 6.03 Å². The number of hydrogen-bond donors (Lipinski definition) is 1. The molecule has 0 saturated carbocycles. The van der Waals surface area contributed by atoms with Gasteiger partial charge in [-0.15, -0.1) is 0 Å². The first-order chi connectivity index (χ1) is 14.6. The number of ether oxygens (including phenoxy) is 4. The summed E-state index contributed by atoms with van der Waals surface area (Å²) in [6, 6.07) is 11.1. The monoisotopic (exact) mass is 415 g/mol. The number of piperazine rings is 1. The Bertz CT molecular complexity index is 849. The lowest BCUT2D eigenvalue weighted by molar-refractivity contribution is 0.142. The molecule has 0 spiro atoms. The fourth-order valence-electron chi connectivity index (χ4n) is 3.51. The number of carbonyl (C=O) groups is 1. The first-order valence-electron chi connectivity index (χ1n) is 9.79. The molecule has 0 bridgehead atoms. The van der Waals surface area contributed by atoms with Crippen molar-refractivity contribution < 1.29 is 23.7 Å². The molecule has 8 nitrogen and oxygen atoms in total. The van der Waals surface area contributed by atoms with Crippen LogP contribution < -0.4 is 24.3 Å². The molecule has 1 N–H and O–H groups in total. The van der Waals surface area contributed by atoms with E-state index in [9.17, 15) is 4.79 Å². The second-order valence-corrected chi connectivity index (χ2v) is 6.92. The number of nitrogens with one attached hydrogen (secondary N) is 1. The molecule has 2 aromatic carbocycles. The van der Waals surface area contributed by atoms with E-state index in [1.54, 1.807) is 28.4 Å². The Balaban J connectivity index is 1.57. The molecule has 3 rings (SSSR count). The van der Waals surface area contributed by atoms with Crippen LogP contribution in [0.5, 0.6) is 23.0 Å². The number of nitrogens with zero attached hydrogens (tertiary/aromatic N) is 2. The van der Waals surface area contributed by atoms with Crippen LogP contribution in [0.2, 0.25) is 0 Å². The van der Waals surface area contributed by atoms with Crippen molar-refractivity contribution in [2.45, 2.75) is 6.54 Å². The van der Waals surface area contributed by atoms with Crippen molar-refractivity contribution in [1.29, 1.82) is 0 Å². The lowest BCUT2D eigenvalue weighted by atomic mass is 10.1. The smallest absolute Gasteiger partial charge is 0.321 e. The number of rotatable bonds is 7. The lowest BCUT2D eigenvalue weighted by Crippen LogP contribution is -2.49. The average molecular weight is 415 g/mol. The number of benzene rings is 2. The molecule has 1 aliphatic rings. The molecule has 2 amide bonds. The number of carbonyl (C=O) groups excluding carboxylic acids is 1. The van der Waals surface area contributed by atoms with Crippen molar-refractivity contribution in [3.8, 4) is 23.0 Å². The summed E-state index contributed by atoms with van der Waals surface area (Å²) in [6.45, 7) is 3.55. The largest absolute Gasteiger partial charge is 0.497 e. The van der Waals surface area contributed by atoms with Crippen LogP contribution in [0.3, 0.4) is 0 Å². The summed E-state index contributed by atoms with van der Waals surface area (Å²) in [4.78, 5) is 16.7. The SMILES string of the molecule is COc1ccc(NC(=O)N2CCN(Cc3ccc(OC)c(OC)c3OC)CC2)cc1. The number of methoxy groups -OCH3 is 4. The average Bonchev–Trinajstić information content (AvgIpc) is 2.79. The van der Waals surface area contributed by atoms with E-state index in [0.29, 0.717) is 36.9 Å². The zero-order valence-corrected chi connectivity index (χ0v) is 17.9. The van der Waals surface area contributed by atoms with Crippen LogP contribution in [0.1, 0.15) is 5.56 Å². The van der Waals surface area contributed by atoms with Crippen LogP contribution in [-0.2, 0) is 6.54 Å². The van der Waals surface area contributed by atoms with Crippen LogP contribution >= 0.6 is 0 Å². The fourth-order valence-corrected chi connectivity index (χ4v) is 3.51. The molecule has 0 radical (unpaired) electrons. The van der Waals surface area contributed by atoms with Crippen molar-refractivity contribution in [1.82, 2.24) is 9.80 Å². The van der Waals surface area contributed by atoms with Crippen LogP contribution in [-0.4, -0.2) is 70.4 Å². The second-order valence-electron chi connectivity index (χ2n) is 6.92. The van der Waals surface area contributed by atoms with Gasteiger partial charge in [-0.3, -0.25) is 4.90 Å². The number of hydrogen-bond acceptors (Lipinski definition) is 6. The Morgan fingerprint density at radius 2 is 1.50 bits per heavy atom. The maximum Gasteiger partial charge on any atom is 0.321 e. The summed E-state index contributed by atoms with van der Waals surface area (Å²) in [5.74, 6) is 2.66. The van der Waals surface area contributed by atoms with Gasteiger partial charge in [0.25, 0.3) is 0 Å². The summed E-state index contributed by atoms with van der Waals surface area (Å²) in [5.41, 5.74) is 1.77. The summed E-state index contributed by atoms with van der Waals surface area (Å²) in [6.07, 6.45) is 0. The maximum absolute atomic E-state index is 12.6. The molecule has 1 aliphatic heterocycles. The minimum atomic E-state index is -0.0940. The Labute approximate surface area is 177 Å². The number of urea groups is 1. The minimum Gasteiger partial charge on any atom is -0.497 e. The molecule has 1 saturated heterocycles. The number of anilines is 1. The highest BCUT2D eigenvalue weighted by molar-refractivity contribution is 5.89. The summed E-state index contributed by atoms with van der Waals surface area (Å²) < 4.78 is 21.5. The predicted molar refractivity (Wildman–Crippen MR) is 115 cm³/mol. The molecule has 1 heterocycles. The van der Waals surface area contributed by atoms with Crippen molar-refractivity contribution in [2.75, 3.05) is 59.9 Å². The Kier molecular flexibility index (Phi) is 7.24. The van der Waals surface area contributed by atoms with E-state index >= 15 is 0 Å². The third-order valence-electron chi connectivity index (χ3n) is 5.18. The quantitative estimate of drug-likeness (QED) is 0.749. The van der Waals surface area contributed by atoms with E-state index in [0.717, 1.165) is 30.1 Å². The first-order valence-corrected chi connectivity index (χ1v) is 9.79. The van der Waals surface area contributed by atoms with Crippen molar-refractivity contribution in [3.63, 3.8) is 0 Å². The standard InChI is InChI=1S/C22H29N3O5/c1-27-18-8-6-17(7-9-18)23-22(26)25-13-11-24(12-14-25)15-16-5-10-19(28-2)21(30-4)20(16)29-3/h5-10H,11-15H2,1-4H3,(H,23,26). The van der Waals surface area contributed by atoms with Crippen molar-refractivity contribution in [3.05, 3.63) is 42.0 Å². The van der Waals surface area contributed by atoms with Gasteiger partial charge in [-0.2, -0.15) is 0 Å². The van der Waals surface area contributed by atoms with Gasteiger partial charge in [0.2, 0.25) is 5.75 Å². The molecule has 2 aromatic rings. The van der Waals surface area contributed by atoms with Crippen LogP contribution in [0.25, 0.3) is 0 Å². The molecule has 1 fully saturated rings. The molecule has 0 aliphatic carbocycles. The highest BCUT2D eigenvalue weighted by Gasteiger charge is 2.23. The van der Waals surface area contributed by atoms with E-state index < -0.39 is 0 Å². The van der Waals surface area contributed by atoms with Crippen LogP contribution in [0.15, 0.2) is 36.4 Å². The van der Waals surface area contributed by atoms with E-state index in [1.807, 2.05) is 41.3 Å². The topological polar surface area (TPSA) is 72.5 Å². The lowest BCUT2D eigenvalue weighted by Gasteiger charge is -2.35. The Morgan fingerprint density at radius 1 is 0.833 bits per heavy atom. The molecule has 8 heteroatoms. The van der Waals surface area contributed by atoms with Gasteiger partial charge < -0.3 is 29.2 Å². The van der Waals surface area contributed by atoms with Crippen LogP contribution in [0.4, 0.5) is 10.5 Å². The maximum atomic E-state index is 12.6. The molecule has 0 unspecified atom stereocenters.